The first-order valence-corrected chi connectivity index (χ1v) is 10.8. The fourth-order valence-electron chi connectivity index (χ4n) is 3.68. The summed E-state index contributed by atoms with van der Waals surface area (Å²) in [5.74, 6) is -0.0672. The molecule has 0 atom stereocenters. The maximum atomic E-state index is 12.9. The first-order valence-electron chi connectivity index (χ1n) is 10.4. The summed E-state index contributed by atoms with van der Waals surface area (Å²) in [6, 6.07) is 9.37. The van der Waals surface area contributed by atoms with E-state index < -0.39 is 17.7 Å². The van der Waals surface area contributed by atoms with E-state index in [4.69, 9.17) is 21.4 Å². The Morgan fingerprint density at radius 1 is 1.21 bits per heavy atom. The van der Waals surface area contributed by atoms with Crippen LogP contribution in [0.15, 0.2) is 48.8 Å². The molecule has 0 radical (unpaired) electrons. The molecular weight excluding hydrogens is 473 g/mol. The van der Waals surface area contributed by atoms with Gasteiger partial charge in [-0.1, -0.05) is 17.7 Å². The molecular formula is C23H20ClF3N4O3. The summed E-state index contributed by atoms with van der Waals surface area (Å²) >= 11 is 6.33. The SMILES string of the molecule is O=C(O)CCCN1CCc2ncnc(Nc3ccc(Oc4cccc(C(F)(F)F)c4)c(Cl)c3)c21. The first kappa shape index (κ1) is 23.6. The maximum absolute atomic E-state index is 12.9. The Balaban J connectivity index is 1.50. The Morgan fingerprint density at radius 2 is 2.03 bits per heavy atom. The van der Waals surface area contributed by atoms with Gasteiger partial charge >= 0.3 is 12.1 Å². The summed E-state index contributed by atoms with van der Waals surface area (Å²) in [6.07, 6.45) is -1.73. The van der Waals surface area contributed by atoms with Gasteiger partial charge in [-0.3, -0.25) is 4.79 Å². The van der Waals surface area contributed by atoms with Crippen molar-refractivity contribution in [1.82, 2.24) is 9.97 Å². The van der Waals surface area contributed by atoms with Gasteiger partial charge in [0.25, 0.3) is 0 Å². The molecule has 1 aliphatic rings. The highest BCUT2D eigenvalue weighted by Gasteiger charge is 2.30. The third-order valence-corrected chi connectivity index (χ3v) is 5.53. The van der Waals surface area contributed by atoms with Gasteiger partial charge in [0.1, 0.15) is 23.5 Å². The van der Waals surface area contributed by atoms with E-state index >= 15 is 0 Å². The largest absolute Gasteiger partial charge is 0.481 e. The average molecular weight is 493 g/mol. The van der Waals surface area contributed by atoms with Crippen molar-refractivity contribution in [2.75, 3.05) is 23.3 Å². The third-order valence-electron chi connectivity index (χ3n) is 5.24. The third kappa shape index (κ3) is 5.51. The molecule has 1 aromatic heterocycles. The molecule has 0 amide bonds. The summed E-state index contributed by atoms with van der Waals surface area (Å²) in [7, 11) is 0. The Labute approximate surface area is 198 Å². The molecule has 7 nitrogen and oxygen atoms in total. The lowest BCUT2D eigenvalue weighted by molar-refractivity contribution is -0.138. The molecule has 2 heterocycles. The lowest BCUT2D eigenvalue weighted by atomic mass is 10.2. The summed E-state index contributed by atoms with van der Waals surface area (Å²) < 4.78 is 44.4. The van der Waals surface area contributed by atoms with Gasteiger partial charge in [-0.25, -0.2) is 9.97 Å². The highest BCUT2D eigenvalue weighted by molar-refractivity contribution is 6.32. The van der Waals surface area contributed by atoms with Crippen molar-refractivity contribution in [3.05, 3.63) is 65.1 Å². The minimum Gasteiger partial charge on any atom is -0.481 e. The first-order chi connectivity index (χ1) is 16.2. The minimum atomic E-state index is -4.48. The zero-order chi connectivity index (χ0) is 24.3. The van der Waals surface area contributed by atoms with Gasteiger partial charge in [0, 0.05) is 31.6 Å². The Hall–Kier alpha value is -3.53. The second-order valence-electron chi connectivity index (χ2n) is 7.65. The number of hydrogen-bond donors (Lipinski definition) is 2. The molecule has 0 saturated heterocycles. The summed E-state index contributed by atoms with van der Waals surface area (Å²) in [5.41, 5.74) is 1.46. The van der Waals surface area contributed by atoms with Crippen molar-refractivity contribution >= 4 is 34.8 Å². The van der Waals surface area contributed by atoms with Crippen LogP contribution in [0, 0.1) is 0 Å². The molecule has 4 rings (SSSR count). The Kier molecular flexibility index (Phi) is 6.78. The Morgan fingerprint density at radius 3 is 2.76 bits per heavy atom. The van der Waals surface area contributed by atoms with Gasteiger partial charge in [-0.05, 0) is 42.8 Å². The monoisotopic (exact) mass is 492 g/mol. The topological polar surface area (TPSA) is 87.6 Å². The van der Waals surface area contributed by atoms with E-state index in [1.807, 2.05) is 4.90 Å². The van der Waals surface area contributed by atoms with E-state index in [9.17, 15) is 18.0 Å². The van der Waals surface area contributed by atoms with Gasteiger partial charge in [0.2, 0.25) is 0 Å². The number of fused-ring (bicyclic) bond motifs is 1. The molecule has 0 spiro atoms. The van der Waals surface area contributed by atoms with Gasteiger partial charge in [-0.15, -0.1) is 0 Å². The van der Waals surface area contributed by atoms with Crippen LogP contribution in [-0.4, -0.2) is 34.1 Å². The lowest BCUT2D eigenvalue weighted by Crippen LogP contribution is -2.23. The second-order valence-corrected chi connectivity index (χ2v) is 8.06. The Bertz CT molecular complexity index is 1210. The molecule has 3 aromatic rings. The highest BCUT2D eigenvalue weighted by Crippen LogP contribution is 2.38. The van der Waals surface area contributed by atoms with Crippen LogP contribution >= 0.6 is 11.6 Å². The highest BCUT2D eigenvalue weighted by atomic mass is 35.5. The number of halogens is 4. The molecule has 2 N–H and O–H groups in total. The molecule has 0 bridgehead atoms. The number of benzene rings is 2. The van der Waals surface area contributed by atoms with Crippen molar-refractivity contribution in [1.29, 1.82) is 0 Å². The molecule has 11 heteroatoms. The number of aliphatic carboxylic acids is 1. The fraction of sp³-hybridized carbons (Fsp3) is 0.261. The number of nitrogens with zero attached hydrogens (tertiary/aromatic N) is 3. The van der Waals surface area contributed by atoms with Crippen LogP contribution in [0.4, 0.5) is 30.4 Å². The zero-order valence-electron chi connectivity index (χ0n) is 17.8. The molecule has 34 heavy (non-hydrogen) atoms. The quantitative estimate of drug-likeness (QED) is 0.404. The molecule has 0 saturated carbocycles. The smallest absolute Gasteiger partial charge is 0.416 e. The standard InChI is InChI=1S/C23H20ClF3N4O3/c24-17-12-15(6-7-19(17)34-16-4-1-3-14(11-16)23(25,26)27)30-22-21-18(28-13-29-22)8-10-31(21)9-2-5-20(32)33/h1,3-4,6-7,11-13H,2,5,8-10H2,(H,32,33)(H,28,29,30). The number of hydrogen-bond acceptors (Lipinski definition) is 6. The maximum Gasteiger partial charge on any atom is 0.416 e. The number of aromatic nitrogens is 2. The fourth-order valence-corrected chi connectivity index (χ4v) is 3.90. The molecule has 1 aliphatic heterocycles. The number of carboxylic acid groups (broad SMARTS) is 1. The van der Waals surface area contributed by atoms with Crippen LogP contribution in [0.1, 0.15) is 24.1 Å². The van der Waals surface area contributed by atoms with Crippen molar-refractivity contribution in [2.24, 2.45) is 0 Å². The second kappa shape index (κ2) is 9.76. The minimum absolute atomic E-state index is 0.0167. The van der Waals surface area contributed by atoms with E-state index in [2.05, 4.69) is 15.3 Å². The number of nitrogens with one attached hydrogen (secondary N) is 1. The molecule has 178 valence electrons. The predicted octanol–water partition coefficient (Wildman–Crippen LogP) is 5.91. The van der Waals surface area contributed by atoms with E-state index in [0.717, 1.165) is 29.9 Å². The number of ether oxygens (including phenoxy) is 1. The van der Waals surface area contributed by atoms with Crippen LogP contribution in [0.5, 0.6) is 11.5 Å². The normalized spacial score (nSPS) is 13.0. The number of rotatable bonds is 8. The molecule has 2 aromatic carbocycles. The van der Waals surface area contributed by atoms with Gasteiger partial charge in [-0.2, -0.15) is 13.2 Å². The summed E-state index contributed by atoms with van der Waals surface area (Å²) in [6.45, 7) is 1.28. The molecule has 0 aliphatic carbocycles. The van der Waals surface area contributed by atoms with Gasteiger partial charge in [0.05, 0.1) is 16.3 Å². The van der Waals surface area contributed by atoms with Crippen molar-refractivity contribution in [2.45, 2.75) is 25.4 Å². The number of alkyl halides is 3. The van der Waals surface area contributed by atoms with Crippen molar-refractivity contribution in [3.63, 3.8) is 0 Å². The molecule has 0 unspecified atom stereocenters. The van der Waals surface area contributed by atoms with Crippen molar-refractivity contribution in [3.8, 4) is 11.5 Å². The van der Waals surface area contributed by atoms with Gasteiger partial charge in [0.15, 0.2) is 5.82 Å². The average Bonchev–Trinajstić information content (AvgIpc) is 3.19. The van der Waals surface area contributed by atoms with Crippen molar-refractivity contribution < 1.29 is 27.8 Å². The van der Waals surface area contributed by atoms with E-state index in [-0.39, 0.29) is 22.9 Å². The molecule has 0 fully saturated rings. The van der Waals surface area contributed by atoms with E-state index in [1.165, 1.54) is 18.5 Å². The van der Waals surface area contributed by atoms with Gasteiger partial charge < -0.3 is 20.1 Å². The summed E-state index contributed by atoms with van der Waals surface area (Å²) in [4.78, 5) is 21.5. The zero-order valence-corrected chi connectivity index (χ0v) is 18.5. The van der Waals surface area contributed by atoms with Crippen LogP contribution in [-0.2, 0) is 17.4 Å². The summed E-state index contributed by atoms with van der Waals surface area (Å²) in [5, 5.41) is 12.3. The van der Waals surface area contributed by atoms with Crippen LogP contribution in [0.2, 0.25) is 5.02 Å². The van der Waals surface area contributed by atoms with Crippen LogP contribution < -0.4 is 15.0 Å². The number of anilines is 3. The van der Waals surface area contributed by atoms with Crippen LogP contribution in [0.25, 0.3) is 0 Å². The van der Waals surface area contributed by atoms with Crippen LogP contribution in [0.3, 0.4) is 0 Å². The predicted molar refractivity (Wildman–Crippen MR) is 121 cm³/mol. The number of carbonyl (C=O) groups is 1. The van der Waals surface area contributed by atoms with E-state index in [0.29, 0.717) is 31.0 Å². The lowest BCUT2D eigenvalue weighted by Gasteiger charge is -2.21. The van der Waals surface area contributed by atoms with E-state index in [1.54, 1.807) is 18.2 Å². The number of carboxylic acids is 1.